The average molecular weight is 298 g/mol. The molecule has 1 aliphatic rings. The summed E-state index contributed by atoms with van der Waals surface area (Å²) in [5, 5.41) is 3.36. The van der Waals surface area contributed by atoms with E-state index in [1.807, 2.05) is 35.0 Å². The highest BCUT2D eigenvalue weighted by atomic mass is 19.1. The number of halogens is 1. The van der Waals surface area contributed by atoms with E-state index < -0.39 is 6.86 Å². The Bertz CT molecular complexity index is 813. The third-order valence-corrected chi connectivity index (χ3v) is 3.61. The van der Waals surface area contributed by atoms with E-state index in [-0.39, 0.29) is 0 Å². The predicted molar refractivity (Wildman–Crippen MR) is 81.7 cm³/mol. The zero-order valence-electron chi connectivity index (χ0n) is 11.9. The molecule has 1 aliphatic carbocycles. The molecular formula is C16H15FN4O. The first-order valence-electron chi connectivity index (χ1n) is 7.23. The van der Waals surface area contributed by atoms with Crippen LogP contribution >= 0.6 is 0 Å². The van der Waals surface area contributed by atoms with Crippen LogP contribution in [0.5, 0.6) is 5.75 Å². The molecule has 2 heterocycles. The lowest BCUT2D eigenvalue weighted by Gasteiger charge is -2.02. The van der Waals surface area contributed by atoms with E-state index in [1.165, 1.54) is 12.8 Å². The van der Waals surface area contributed by atoms with Crippen molar-refractivity contribution in [3.8, 4) is 17.0 Å². The molecule has 0 radical (unpaired) electrons. The van der Waals surface area contributed by atoms with Gasteiger partial charge in [0.25, 0.3) is 0 Å². The van der Waals surface area contributed by atoms with Gasteiger partial charge in [0, 0.05) is 24.0 Å². The van der Waals surface area contributed by atoms with Crippen LogP contribution in [-0.4, -0.2) is 27.3 Å². The SMILES string of the molecule is FCOc1cccc(-c2cn3ccc(NC4CC4)nc3n2)c1. The summed E-state index contributed by atoms with van der Waals surface area (Å²) < 4.78 is 19.0. The Morgan fingerprint density at radius 3 is 3.00 bits per heavy atom. The fourth-order valence-electron chi connectivity index (χ4n) is 2.34. The van der Waals surface area contributed by atoms with Gasteiger partial charge in [0.15, 0.2) is 0 Å². The molecule has 2 aromatic heterocycles. The van der Waals surface area contributed by atoms with E-state index in [2.05, 4.69) is 15.3 Å². The van der Waals surface area contributed by atoms with Crippen molar-refractivity contribution < 1.29 is 9.13 Å². The molecule has 0 amide bonds. The Morgan fingerprint density at radius 2 is 2.18 bits per heavy atom. The van der Waals surface area contributed by atoms with Gasteiger partial charge < -0.3 is 10.1 Å². The first kappa shape index (κ1) is 13.1. The van der Waals surface area contributed by atoms with Gasteiger partial charge in [-0.15, -0.1) is 0 Å². The van der Waals surface area contributed by atoms with Crippen LogP contribution in [0.2, 0.25) is 0 Å². The number of rotatable bonds is 5. The molecule has 1 N–H and O–H groups in total. The van der Waals surface area contributed by atoms with Crippen LogP contribution in [0.3, 0.4) is 0 Å². The zero-order chi connectivity index (χ0) is 14.9. The van der Waals surface area contributed by atoms with Gasteiger partial charge in [-0.25, -0.2) is 9.37 Å². The van der Waals surface area contributed by atoms with Gasteiger partial charge in [-0.3, -0.25) is 4.40 Å². The average Bonchev–Trinajstić information content (AvgIpc) is 3.24. The van der Waals surface area contributed by atoms with Crippen LogP contribution in [0.15, 0.2) is 42.7 Å². The molecule has 0 atom stereocenters. The lowest BCUT2D eigenvalue weighted by atomic mass is 10.1. The number of ether oxygens (including phenoxy) is 1. The van der Waals surface area contributed by atoms with Gasteiger partial charge in [0.05, 0.1) is 5.69 Å². The van der Waals surface area contributed by atoms with Crippen molar-refractivity contribution in [2.24, 2.45) is 0 Å². The minimum Gasteiger partial charge on any atom is -0.463 e. The molecule has 22 heavy (non-hydrogen) atoms. The molecular weight excluding hydrogens is 283 g/mol. The van der Waals surface area contributed by atoms with E-state index in [0.717, 1.165) is 17.1 Å². The van der Waals surface area contributed by atoms with Gasteiger partial charge in [0.1, 0.15) is 11.6 Å². The first-order chi connectivity index (χ1) is 10.8. The van der Waals surface area contributed by atoms with Gasteiger partial charge in [0.2, 0.25) is 12.6 Å². The second-order valence-corrected chi connectivity index (χ2v) is 5.35. The highest BCUT2D eigenvalue weighted by molar-refractivity contribution is 5.63. The normalized spacial score (nSPS) is 14.2. The molecule has 5 nitrogen and oxygen atoms in total. The molecule has 0 bridgehead atoms. The van der Waals surface area contributed by atoms with Gasteiger partial charge in [-0.1, -0.05) is 12.1 Å². The maximum atomic E-state index is 12.3. The molecule has 0 unspecified atom stereocenters. The fraction of sp³-hybridized carbons (Fsp3) is 0.250. The van der Waals surface area contributed by atoms with E-state index in [1.54, 1.807) is 12.1 Å². The summed E-state index contributed by atoms with van der Waals surface area (Å²) in [6.45, 7) is -0.841. The van der Waals surface area contributed by atoms with E-state index in [4.69, 9.17) is 4.74 Å². The first-order valence-corrected chi connectivity index (χ1v) is 7.23. The van der Waals surface area contributed by atoms with Gasteiger partial charge in [-0.2, -0.15) is 4.98 Å². The third kappa shape index (κ3) is 2.59. The molecule has 3 aromatic rings. The summed E-state index contributed by atoms with van der Waals surface area (Å²) in [6.07, 6.45) is 6.24. The lowest BCUT2D eigenvalue weighted by molar-refractivity contribution is 0.192. The molecule has 1 saturated carbocycles. The van der Waals surface area contributed by atoms with Crippen LogP contribution in [-0.2, 0) is 0 Å². The molecule has 0 saturated heterocycles. The molecule has 1 aromatic carbocycles. The van der Waals surface area contributed by atoms with E-state index >= 15 is 0 Å². The van der Waals surface area contributed by atoms with E-state index in [9.17, 15) is 4.39 Å². The predicted octanol–water partition coefficient (Wildman–Crippen LogP) is 3.28. The van der Waals surface area contributed by atoms with Gasteiger partial charge in [-0.05, 0) is 31.0 Å². The summed E-state index contributed by atoms with van der Waals surface area (Å²) in [4.78, 5) is 9.04. The van der Waals surface area contributed by atoms with Crippen LogP contribution in [0.1, 0.15) is 12.8 Å². The summed E-state index contributed by atoms with van der Waals surface area (Å²) in [7, 11) is 0. The smallest absolute Gasteiger partial charge is 0.236 e. The molecule has 0 aliphatic heterocycles. The maximum Gasteiger partial charge on any atom is 0.236 e. The Labute approximate surface area is 126 Å². The number of hydrogen-bond donors (Lipinski definition) is 1. The number of alkyl halides is 1. The lowest BCUT2D eigenvalue weighted by Crippen LogP contribution is -2.03. The van der Waals surface area contributed by atoms with Crippen LogP contribution in [0.4, 0.5) is 10.2 Å². The topological polar surface area (TPSA) is 51.5 Å². The van der Waals surface area contributed by atoms with Crippen molar-refractivity contribution in [1.29, 1.82) is 0 Å². The largest absolute Gasteiger partial charge is 0.463 e. The highest BCUT2D eigenvalue weighted by Gasteiger charge is 2.21. The second kappa shape index (κ2) is 5.29. The number of imidazole rings is 1. The van der Waals surface area contributed by atoms with Crippen molar-refractivity contribution in [3.05, 3.63) is 42.7 Å². The number of nitrogens with one attached hydrogen (secondary N) is 1. The van der Waals surface area contributed by atoms with Crippen molar-refractivity contribution in [2.45, 2.75) is 18.9 Å². The minimum atomic E-state index is -0.841. The Hall–Kier alpha value is -2.63. The van der Waals surface area contributed by atoms with Crippen molar-refractivity contribution in [1.82, 2.24) is 14.4 Å². The van der Waals surface area contributed by atoms with Gasteiger partial charge >= 0.3 is 0 Å². The van der Waals surface area contributed by atoms with Crippen molar-refractivity contribution in [3.63, 3.8) is 0 Å². The number of benzene rings is 1. The van der Waals surface area contributed by atoms with Crippen LogP contribution < -0.4 is 10.1 Å². The summed E-state index contributed by atoms with van der Waals surface area (Å²) in [6, 6.07) is 9.71. The van der Waals surface area contributed by atoms with E-state index in [0.29, 0.717) is 17.6 Å². The summed E-state index contributed by atoms with van der Waals surface area (Å²) >= 11 is 0. The third-order valence-electron chi connectivity index (χ3n) is 3.61. The second-order valence-electron chi connectivity index (χ2n) is 5.35. The number of nitrogens with zero attached hydrogens (tertiary/aromatic N) is 3. The molecule has 6 heteroatoms. The number of hydrogen-bond acceptors (Lipinski definition) is 4. The maximum absolute atomic E-state index is 12.3. The Kier molecular flexibility index (Phi) is 3.14. The number of aromatic nitrogens is 3. The molecule has 112 valence electrons. The molecule has 0 spiro atoms. The summed E-state index contributed by atoms with van der Waals surface area (Å²) in [5.74, 6) is 1.97. The van der Waals surface area contributed by atoms with Crippen molar-refractivity contribution in [2.75, 3.05) is 12.2 Å². The van der Waals surface area contributed by atoms with Crippen molar-refractivity contribution >= 4 is 11.6 Å². The molecule has 1 fully saturated rings. The van der Waals surface area contributed by atoms with Crippen LogP contribution in [0.25, 0.3) is 17.0 Å². The highest BCUT2D eigenvalue weighted by Crippen LogP contribution is 2.25. The standard InChI is InChI=1S/C16H15FN4O/c17-10-22-13-3-1-2-11(8-13)14-9-21-7-6-15(18-12-4-5-12)20-16(21)19-14/h1-3,6-9,12H,4-5,10H2,(H,18,19,20). The van der Waals surface area contributed by atoms with Crippen LogP contribution in [0, 0.1) is 0 Å². The Morgan fingerprint density at radius 1 is 1.27 bits per heavy atom. The number of anilines is 1. The fourth-order valence-corrected chi connectivity index (χ4v) is 2.34. The number of fused-ring (bicyclic) bond motifs is 1. The minimum absolute atomic E-state index is 0.487. The Balaban J connectivity index is 1.67. The molecule has 4 rings (SSSR count). The zero-order valence-corrected chi connectivity index (χ0v) is 11.9. The monoisotopic (exact) mass is 298 g/mol. The quantitative estimate of drug-likeness (QED) is 0.785. The summed E-state index contributed by atoms with van der Waals surface area (Å²) in [5.41, 5.74) is 1.65.